The predicted molar refractivity (Wildman–Crippen MR) is 69.2 cm³/mol. The van der Waals surface area contributed by atoms with Gasteiger partial charge in [-0.05, 0) is 6.92 Å². The zero-order valence-electron chi connectivity index (χ0n) is 9.83. The topological polar surface area (TPSA) is 123 Å². The molecular weight excluding hydrogens is 339 g/mol. The van der Waals surface area contributed by atoms with E-state index in [2.05, 4.69) is 0 Å². The summed E-state index contributed by atoms with van der Waals surface area (Å²) in [5.41, 5.74) is -1.61. The van der Waals surface area contributed by atoms with Gasteiger partial charge in [0.05, 0.1) is 10.7 Å². The van der Waals surface area contributed by atoms with Crippen molar-refractivity contribution >= 4 is 41.1 Å². The minimum atomic E-state index is -4.54. The van der Waals surface area contributed by atoms with E-state index in [1.165, 1.54) is 6.92 Å². The van der Waals surface area contributed by atoms with E-state index in [0.29, 0.717) is 12.1 Å². The summed E-state index contributed by atoms with van der Waals surface area (Å²) in [6, 6.07) is 0.742. The summed E-state index contributed by atoms with van der Waals surface area (Å²) in [6.07, 6.45) is 0. The van der Waals surface area contributed by atoms with Gasteiger partial charge in [-0.1, -0.05) is 0 Å². The summed E-state index contributed by atoms with van der Waals surface area (Å²) in [7, 11) is -3.51. The van der Waals surface area contributed by atoms with Crippen molar-refractivity contribution < 1.29 is 26.1 Å². The second-order valence-corrected chi connectivity index (χ2v) is 8.05. The molecule has 1 N–H and O–H groups in total. The Morgan fingerprint density at radius 2 is 1.90 bits per heavy atom. The van der Waals surface area contributed by atoms with Crippen molar-refractivity contribution in [1.82, 2.24) is 0 Å². The van der Waals surface area contributed by atoms with E-state index >= 15 is 0 Å². The Balaban J connectivity index is 3.56. The van der Waals surface area contributed by atoms with Gasteiger partial charge in [-0.2, -0.15) is 0 Å². The molecule has 1 aromatic carbocycles. The van der Waals surface area contributed by atoms with E-state index in [9.17, 15) is 31.3 Å². The molecule has 8 nitrogen and oxygen atoms in total. The van der Waals surface area contributed by atoms with Gasteiger partial charge in [0, 0.05) is 22.8 Å². The lowest BCUT2D eigenvalue weighted by molar-refractivity contribution is -0.384. The van der Waals surface area contributed by atoms with Gasteiger partial charge in [-0.25, -0.2) is 21.2 Å². The zero-order chi connectivity index (χ0) is 15.7. The molecule has 1 rings (SSSR count). The maximum atomic E-state index is 13.5. The summed E-state index contributed by atoms with van der Waals surface area (Å²) in [6.45, 7) is 1.27. The summed E-state index contributed by atoms with van der Waals surface area (Å²) >= 11 is 0. The number of nitrogens with one attached hydrogen (secondary N) is 1. The van der Waals surface area contributed by atoms with Gasteiger partial charge in [0.2, 0.25) is 10.0 Å². The van der Waals surface area contributed by atoms with Gasteiger partial charge in [0.15, 0.2) is 0 Å². The molecule has 0 aliphatic rings. The second-order valence-electron chi connectivity index (χ2n) is 3.50. The number of nitrogens with zero attached hydrogens (tertiary/aromatic N) is 1. The Bertz CT molecular complexity index is 761. The first-order valence-corrected chi connectivity index (χ1v) is 8.87. The van der Waals surface area contributed by atoms with Crippen LogP contribution in [0.2, 0.25) is 0 Å². The van der Waals surface area contributed by atoms with Gasteiger partial charge in [-0.3, -0.25) is 14.8 Å². The van der Waals surface area contributed by atoms with Crippen molar-refractivity contribution in [3.8, 4) is 0 Å². The van der Waals surface area contributed by atoms with E-state index in [-0.39, 0.29) is 0 Å². The van der Waals surface area contributed by atoms with Crippen LogP contribution in [0.25, 0.3) is 0 Å². The van der Waals surface area contributed by atoms with Crippen LogP contribution in [0.15, 0.2) is 17.0 Å². The van der Waals surface area contributed by atoms with Crippen LogP contribution < -0.4 is 4.72 Å². The fourth-order valence-corrected chi connectivity index (χ4v) is 2.74. The minimum Gasteiger partial charge on any atom is -0.277 e. The number of anilines is 1. The zero-order valence-corrected chi connectivity index (χ0v) is 12.2. The molecular formula is C8H8ClFN2O6S2. The molecule has 0 saturated carbocycles. The summed E-state index contributed by atoms with van der Waals surface area (Å²) in [5, 5.41) is 10.8. The molecule has 1 aromatic rings. The summed E-state index contributed by atoms with van der Waals surface area (Å²) in [4.78, 5) is 8.63. The Morgan fingerprint density at radius 3 is 2.30 bits per heavy atom. The molecule has 112 valence electrons. The third-order valence-corrected chi connectivity index (χ3v) is 4.78. The molecule has 12 heteroatoms. The number of nitro groups is 1. The van der Waals surface area contributed by atoms with Crippen molar-refractivity contribution in [2.75, 3.05) is 10.5 Å². The molecule has 0 atom stereocenters. The third-order valence-electron chi connectivity index (χ3n) is 2.16. The number of benzene rings is 1. The van der Waals surface area contributed by atoms with Crippen LogP contribution in [0.4, 0.5) is 15.8 Å². The van der Waals surface area contributed by atoms with Crippen LogP contribution in [0.3, 0.4) is 0 Å². The lowest BCUT2D eigenvalue weighted by atomic mass is 10.2. The Labute approximate surface area is 118 Å². The quantitative estimate of drug-likeness (QED) is 0.488. The number of hydrogen-bond acceptors (Lipinski definition) is 6. The minimum absolute atomic E-state index is 0.352. The van der Waals surface area contributed by atoms with Crippen LogP contribution >= 0.6 is 10.7 Å². The van der Waals surface area contributed by atoms with Crippen LogP contribution in [0.5, 0.6) is 0 Å². The molecule has 0 aliphatic heterocycles. The average molecular weight is 347 g/mol. The molecule has 0 spiro atoms. The average Bonchev–Trinajstić information content (AvgIpc) is 2.26. The third kappa shape index (κ3) is 3.77. The highest BCUT2D eigenvalue weighted by molar-refractivity contribution is 8.13. The van der Waals surface area contributed by atoms with E-state index in [1.807, 2.05) is 0 Å². The van der Waals surface area contributed by atoms with Crippen molar-refractivity contribution in [2.45, 2.75) is 11.8 Å². The van der Waals surface area contributed by atoms with Gasteiger partial charge in [0.25, 0.3) is 14.7 Å². The number of hydrogen-bond donors (Lipinski definition) is 1. The molecule has 0 unspecified atom stereocenters. The van der Waals surface area contributed by atoms with Crippen molar-refractivity contribution in [3.63, 3.8) is 0 Å². The summed E-state index contributed by atoms with van der Waals surface area (Å²) < 4.78 is 60.1. The van der Waals surface area contributed by atoms with Crippen LogP contribution in [0.1, 0.15) is 6.92 Å². The molecule has 0 aliphatic carbocycles. The fourth-order valence-electron chi connectivity index (χ4n) is 1.20. The number of halogens is 2. The second kappa shape index (κ2) is 5.50. The number of sulfonamides is 1. The maximum Gasteiger partial charge on any atom is 0.294 e. The first-order chi connectivity index (χ1) is 8.98. The number of rotatable bonds is 5. The Kier molecular flexibility index (Phi) is 4.56. The molecule has 0 fully saturated rings. The van der Waals surface area contributed by atoms with Crippen LogP contribution in [-0.4, -0.2) is 27.5 Å². The highest BCUT2D eigenvalue weighted by Gasteiger charge is 2.26. The Morgan fingerprint density at radius 1 is 1.35 bits per heavy atom. The smallest absolute Gasteiger partial charge is 0.277 e. The van der Waals surface area contributed by atoms with E-state index in [4.69, 9.17) is 10.7 Å². The van der Waals surface area contributed by atoms with Gasteiger partial charge < -0.3 is 0 Å². The van der Waals surface area contributed by atoms with Crippen molar-refractivity contribution in [2.24, 2.45) is 0 Å². The maximum absolute atomic E-state index is 13.5. The lowest BCUT2D eigenvalue weighted by Crippen LogP contribution is -2.16. The number of nitro benzene ring substituents is 1. The molecule has 20 heavy (non-hydrogen) atoms. The van der Waals surface area contributed by atoms with E-state index in [0.717, 1.165) is 0 Å². The first-order valence-electron chi connectivity index (χ1n) is 4.91. The van der Waals surface area contributed by atoms with Crippen LogP contribution in [0, 0.1) is 15.9 Å². The van der Waals surface area contributed by atoms with Crippen molar-refractivity contribution in [3.05, 3.63) is 28.1 Å². The van der Waals surface area contributed by atoms with E-state index in [1.54, 1.807) is 4.72 Å². The standard InChI is InChI=1S/C8H8ClFN2O6S2/c1-2-19(15,16)11-6-3-5(10)8(20(9,17)18)4-7(6)12(13)14/h3-4,11H,2H2,1H3. The van der Waals surface area contributed by atoms with Gasteiger partial charge in [0.1, 0.15) is 16.4 Å². The molecule has 0 bridgehead atoms. The Hall–Kier alpha value is -1.46. The monoisotopic (exact) mass is 346 g/mol. The highest BCUT2D eigenvalue weighted by Crippen LogP contribution is 2.32. The fraction of sp³-hybridized carbons (Fsp3) is 0.250. The largest absolute Gasteiger partial charge is 0.294 e. The van der Waals surface area contributed by atoms with Gasteiger partial charge in [-0.15, -0.1) is 0 Å². The lowest BCUT2D eigenvalue weighted by Gasteiger charge is -2.08. The molecule has 0 radical (unpaired) electrons. The summed E-state index contributed by atoms with van der Waals surface area (Å²) in [5.74, 6) is -1.80. The van der Waals surface area contributed by atoms with Crippen LogP contribution in [-0.2, 0) is 19.1 Å². The first kappa shape index (κ1) is 16.6. The molecule has 0 aromatic heterocycles. The molecule has 0 saturated heterocycles. The SMILES string of the molecule is CCS(=O)(=O)Nc1cc(F)c(S(=O)(=O)Cl)cc1[N+](=O)[O-]. The predicted octanol–water partition coefficient (Wildman–Crippen LogP) is 1.42. The van der Waals surface area contributed by atoms with Crippen molar-refractivity contribution in [1.29, 1.82) is 0 Å². The molecule has 0 heterocycles. The normalized spacial score (nSPS) is 12.2. The van der Waals surface area contributed by atoms with Gasteiger partial charge >= 0.3 is 0 Å². The molecule has 0 amide bonds. The highest BCUT2D eigenvalue weighted by atomic mass is 35.7. The van der Waals surface area contributed by atoms with E-state index < -0.39 is 51.8 Å².